The molecule has 2 fully saturated rings. The lowest BCUT2D eigenvalue weighted by molar-refractivity contribution is -0.126. The summed E-state index contributed by atoms with van der Waals surface area (Å²) in [6, 6.07) is 1.89. The fraction of sp³-hybridized carbons (Fsp3) is 0.562. The minimum Gasteiger partial charge on any atom is -0.274 e. The van der Waals surface area contributed by atoms with Crippen LogP contribution in [0.15, 0.2) is 16.7 Å². The maximum Gasteiger partial charge on any atom is 0.241 e. The van der Waals surface area contributed by atoms with Crippen LogP contribution in [0.3, 0.4) is 0 Å². The zero-order valence-electron chi connectivity index (χ0n) is 12.2. The number of carbonyl (C=O) groups is 2. The lowest BCUT2D eigenvalue weighted by Crippen LogP contribution is -2.36. The Balaban J connectivity index is 1.97. The van der Waals surface area contributed by atoms with Crippen molar-refractivity contribution in [3.63, 3.8) is 0 Å². The third kappa shape index (κ3) is 2.52. The van der Waals surface area contributed by atoms with Crippen LogP contribution in [-0.4, -0.2) is 16.8 Å². The lowest BCUT2D eigenvalue weighted by atomic mass is 9.79. The van der Waals surface area contributed by atoms with E-state index in [0.29, 0.717) is 12.2 Å². The molecule has 21 heavy (non-hydrogen) atoms. The molecule has 4 nitrogen and oxygen atoms in total. The molecule has 0 atom stereocenters. The molecule has 0 N–H and O–H groups in total. The van der Waals surface area contributed by atoms with Crippen molar-refractivity contribution in [2.75, 3.05) is 4.90 Å². The van der Waals surface area contributed by atoms with Crippen LogP contribution >= 0.6 is 15.9 Å². The number of pyridine rings is 1. The van der Waals surface area contributed by atoms with Crippen molar-refractivity contribution in [3.8, 4) is 0 Å². The monoisotopic (exact) mass is 350 g/mol. The van der Waals surface area contributed by atoms with Gasteiger partial charge in [0.15, 0.2) is 0 Å². The Labute approximate surface area is 133 Å². The van der Waals surface area contributed by atoms with Crippen molar-refractivity contribution in [3.05, 3.63) is 22.3 Å². The van der Waals surface area contributed by atoms with Crippen LogP contribution in [0.4, 0.5) is 5.82 Å². The molecule has 1 aromatic heterocycles. The van der Waals surface area contributed by atoms with Gasteiger partial charge in [-0.2, -0.15) is 0 Å². The summed E-state index contributed by atoms with van der Waals surface area (Å²) in [6.45, 7) is 1.88. The number of rotatable bonds is 1. The molecule has 1 aliphatic carbocycles. The van der Waals surface area contributed by atoms with E-state index in [0.717, 1.165) is 35.7 Å². The smallest absolute Gasteiger partial charge is 0.241 e. The van der Waals surface area contributed by atoms with Gasteiger partial charge in [-0.3, -0.25) is 9.59 Å². The van der Waals surface area contributed by atoms with Crippen molar-refractivity contribution in [1.29, 1.82) is 0 Å². The largest absolute Gasteiger partial charge is 0.274 e. The van der Waals surface area contributed by atoms with E-state index in [9.17, 15) is 9.59 Å². The summed E-state index contributed by atoms with van der Waals surface area (Å²) in [5, 5.41) is 0. The first-order valence-electron chi connectivity index (χ1n) is 7.53. The summed E-state index contributed by atoms with van der Waals surface area (Å²) in [5.74, 6) is 0.362. The van der Waals surface area contributed by atoms with Crippen molar-refractivity contribution in [2.24, 2.45) is 5.41 Å². The van der Waals surface area contributed by atoms with E-state index < -0.39 is 5.41 Å². The normalized spacial score (nSPS) is 21.9. The summed E-state index contributed by atoms with van der Waals surface area (Å²) in [4.78, 5) is 31.0. The molecule has 1 aliphatic heterocycles. The molecule has 0 bridgehead atoms. The number of hydrogen-bond donors (Lipinski definition) is 0. The first-order valence-corrected chi connectivity index (χ1v) is 8.32. The second-order valence-corrected chi connectivity index (χ2v) is 7.12. The minimum absolute atomic E-state index is 0.0349. The Bertz CT molecular complexity index is 592. The van der Waals surface area contributed by atoms with E-state index >= 15 is 0 Å². The van der Waals surface area contributed by atoms with E-state index in [1.165, 1.54) is 17.7 Å². The number of carbonyl (C=O) groups excluding carboxylic acids is 2. The van der Waals surface area contributed by atoms with Crippen LogP contribution in [0.5, 0.6) is 0 Å². The number of imide groups is 1. The molecule has 1 spiro atoms. The average molecular weight is 351 g/mol. The maximum atomic E-state index is 12.9. The Morgan fingerprint density at radius 2 is 1.86 bits per heavy atom. The molecule has 112 valence electrons. The minimum atomic E-state index is -0.464. The van der Waals surface area contributed by atoms with Crippen LogP contribution in [0, 0.1) is 12.3 Å². The van der Waals surface area contributed by atoms with Crippen molar-refractivity contribution in [2.45, 2.75) is 51.9 Å². The number of halogens is 1. The number of hydrogen-bond acceptors (Lipinski definition) is 3. The molecule has 1 aromatic rings. The van der Waals surface area contributed by atoms with Crippen molar-refractivity contribution >= 4 is 33.6 Å². The zero-order chi connectivity index (χ0) is 15.0. The molecule has 1 saturated carbocycles. The molecular formula is C16H19BrN2O2. The summed E-state index contributed by atoms with van der Waals surface area (Å²) >= 11 is 3.36. The topological polar surface area (TPSA) is 50.3 Å². The molecule has 2 aliphatic rings. The third-order valence-corrected chi connectivity index (χ3v) is 5.12. The molecule has 2 amide bonds. The number of aryl methyl sites for hydroxylation is 1. The molecule has 3 rings (SSSR count). The van der Waals surface area contributed by atoms with Gasteiger partial charge >= 0.3 is 0 Å². The number of amides is 2. The van der Waals surface area contributed by atoms with Crippen molar-refractivity contribution in [1.82, 2.24) is 4.98 Å². The predicted molar refractivity (Wildman–Crippen MR) is 83.9 cm³/mol. The average Bonchev–Trinajstić information content (AvgIpc) is 2.60. The van der Waals surface area contributed by atoms with E-state index in [1.54, 1.807) is 6.20 Å². The van der Waals surface area contributed by atoms with Gasteiger partial charge < -0.3 is 0 Å². The molecule has 1 saturated heterocycles. The standard InChI is InChI=1S/C16H19BrN2O2/c1-11-8-12(17)10-18-14(11)19-13(20)9-16(15(19)21)6-4-2-3-5-7-16/h8,10H,2-7,9H2,1H3. The summed E-state index contributed by atoms with van der Waals surface area (Å²) in [6.07, 6.45) is 8.08. The Kier molecular flexibility index (Phi) is 3.86. The molecule has 2 heterocycles. The van der Waals surface area contributed by atoms with E-state index in [4.69, 9.17) is 0 Å². The summed E-state index contributed by atoms with van der Waals surface area (Å²) in [5.41, 5.74) is 0.381. The van der Waals surface area contributed by atoms with Gasteiger partial charge in [0.05, 0.1) is 5.41 Å². The van der Waals surface area contributed by atoms with Crippen LogP contribution in [0.25, 0.3) is 0 Å². The second kappa shape index (κ2) is 5.52. The van der Waals surface area contributed by atoms with Crippen LogP contribution in [-0.2, 0) is 9.59 Å². The van der Waals surface area contributed by atoms with Gasteiger partial charge in [0.1, 0.15) is 5.82 Å². The first-order chi connectivity index (χ1) is 10.0. The third-order valence-electron chi connectivity index (χ3n) is 4.69. The van der Waals surface area contributed by atoms with Gasteiger partial charge in [0, 0.05) is 17.1 Å². The van der Waals surface area contributed by atoms with Gasteiger partial charge in [-0.1, -0.05) is 25.7 Å². The Hall–Kier alpha value is -1.23. The van der Waals surface area contributed by atoms with Gasteiger partial charge in [0.25, 0.3) is 0 Å². The summed E-state index contributed by atoms with van der Waals surface area (Å²) in [7, 11) is 0. The lowest BCUT2D eigenvalue weighted by Gasteiger charge is -2.25. The van der Waals surface area contributed by atoms with Gasteiger partial charge in [0.2, 0.25) is 11.8 Å². The fourth-order valence-corrected chi connectivity index (χ4v) is 4.02. The zero-order valence-corrected chi connectivity index (χ0v) is 13.8. The van der Waals surface area contributed by atoms with Crippen LogP contribution < -0.4 is 4.90 Å². The highest BCUT2D eigenvalue weighted by molar-refractivity contribution is 9.10. The highest BCUT2D eigenvalue weighted by Gasteiger charge is 2.52. The van der Waals surface area contributed by atoms with E-state index in [1.807, 2.05) is 13.0 Å². The Morgan fingerprint density at radius 1 is 1.19 bits per heavy atom. The van der Waals surface area contributed by atoms with Crippen molar-refractivity contribution < 1.29 is 9.59 Å². The molecule has 0 aromatic carbocycles. The highest BCUT2D eigenvalue weighted by atomic mass is 79.9. The van der Waals surface area contributed by atoms with E-state index in [-0.39, 0.29) is 11.8 Å². The number of nitrogens with zero attached hydrogens (tertiary/aromatic N) is 2. The second-order valence-electron chi connectivity index (χ2n) is 6.20. The summed E-state index contributed by atoms with van der Waals surface area (Å²) < 4.78 is 0.854. The van der Waals surface area contributed by atoms with Gasteiger partial charge in [-0.05, 0) is 47.3 Å². The van der Waals surface area contributed by atoms with Gasteiger partial charge in [-0.15, -0.1) is 0 Å². The molecule has 5 heteroatoms. The molecule has 0 unspecified atom stereocenters. The van der Waals surface area contributed by atoms with Crippen LogP contribution in [0.2, 0.25) is 0 Å². The fourth-order valence-electron chi connectivity index (χ4n) is 3.57. The number of aromatic nitrogens is 1. The quantitative estimate of drug-likeness (QED) is 0.724. The molecular weight excluding hydrogens is 332 g/mol. The number of anilines is 1. The first kappa shape index (κ1) is 14.7. The van der Waals surface area contributed by atoms with Crippen LogP contribution in [0.1, 0.15) is 50.5 Å². The Morgan fingerprint density at radius 3 is 2.48 bits per heavy atom. The SMILES string of the molecule is Cc1cc(Br)cnc1N1C(=O)CC2(CCCCCC2)C1=O. The maximum absolute atomic E-state index is 12.9. The predicted octanol–water partition coefficient (Wildman–Crippen LogP) is 3.76. The highest BCUT2D eigenvalue weighted by Crippen LogP contribution is 2.45. The van der Waals surface area contributed by atoms with E-state index in [2.05, 4.69) is 20.9 Å². The molecule has 0 radical (unpaired) electrons. The van der Waals surface area contributed by atoms with Gasteiger partial charge in [-0.25, -0.2) is 9.88 Å².